The van der Waals surface area contributed by atoms with Crippen LogP contribution in [0.5, 0.6) is 0 Å². The Morgan fingerprint density at radius 1 is 1.03 bits per heavy atom. The number of methoxy groups -OCH3 is 1. The van der Waals surface area contributed by atoms with Gasteiger partial charge in [0.05, 0.1) is 36.5 Å². The second-order valence-electron chi connectivity index (χ2n) is 9.57. The molecule has 1 N–H and O–H groups in total. The molecule has 1 saturated carbocycles. The van der Waals surface area contributed by atoms with E-state index in [1.165, 1.54) is 30.6 Å². The minimum Gasteiger partial charge on any atom is -0.478 e. The van der Waals surface area contributed by atoms with Gasteiger partial charge in [-0.1, -0.05) is 19.3 Å². The zero-order chi connectivity index (χ0) is 24.2. The first-order valence-electron chi connectivity index (χ1n) is 12.2. The third-order valence-electron chi connectivity index (χ3n) is 7.35. The number of likely N-dealkylation sites (tertiary alicyclic amines) is 1. The summed E-state index contributed by atoms with van der Waals surface area (Å²) in [7, 11) is 1.38. The van der Waals surface area contributed by atoms with Crippen molar-refractivity contribution in [1.82, 2.24) is 4.90 Å². The van der Waals surface area contributed by atoms with Gasteiger partial charge in [0.2, 0.25) is 11.8 Å². The molecule has 184 valence electrons. The summed E-state index contributed by atoms with van der Waals surface area (Å²) in [6.07, 6.45) is 6.94. The molecule has 1 saturated heterocycles. The minimum atomic E-state index is -1.07. The fourth-order valence-corrected chi connectivity index (χ4v) is 5.36. The number of carboxylic acid groups (broad SMARTS) is 1. The van der Waals surface area contributed by atoms with Gasteiger partial charge in [-0.3, -0.25) is 24.2 Å². The van der Waals surface area contributed by atoms with Gasteiger partial charge in [-0.05, 0) is 62.9 Å². The fourth-order valence-electron chi connectivity index (χ4n) is 5.36. The van der Waals surface area contributed by atoms with Gasteiger partial charge >= 0.3 is 11.9 Å². The van der Waals surface area contributed by atoms with Crippen LogP contribution in [0.4, 0.5) is 11.4 Å². The number of rotatable bonds is 6. The summed E-state index contributed by atoms with van der Waals surface area (Å²) < 4.78 is 4.82. The lowest BCUT2D eigenvalue weighted by Gasteiger charge is -2.39. The van der Waals surface area contributed by atoms with E-state index in [1.54, 1.807) is 11.0 Å². The number of amides is 2. The average Bonchev–Trinajstić information content (AvgIpc) is 2.85. The molecule has 1 aromatic rings. The van der Waals surface area contributed by atoms with E-state index in [1.807, 2.05) is 4.90 Å². The van der Waals surface area contributed by atoms with E-state index >= 15 is 0 Å². The van der Waals surface area contributed by atoms with Gasteiger partial charge in [0.25, 0.3) is 0 Å². The largest absolute Gasteiger partial charge is 0.478 e. The Kier molecular flexibility index (Phi) is 7.50. The highest BCUT2D eigenvalue weighted by molar-refractivity contribution is 6.12. The van der Waals surface area contributed by atoms with E-state index in [-0.39, 0.29) is 42.4 Å². The number of esters is 1. The van der Waals surface area contributed by atoms with Gasteiger partial charge in [0, 0.05) is 6.54 Å². The van der Waals surface area contributed by atoms with Gasteiger partial charge in [-0.15, -0.1) is 0 Å². The smallest absolute Gasteiger partial charge is 0.335 e. The number of carboxylic acids is 1. The summed E-state index contributed by atoms with van der Waals surface area (Å²) in [6.45, 7) is 1.79. The minimum absolute atomic E-state index is 0.0856. The number of anilines is 2. The lowest BCUT2D eigenvalue weighted by atomic mass is 9.88. The van der Waals surface area contributed by atoms with Gasteiger partial charge in [0.15, 0.2) is 0 Å². The number of aromatic carboxylic acids is 1. The Morgan fingerprint density at radius 3 is 2.38 bits per heavy atom. The van der Waals surface area contributed by atoms with Gasteiger partial charge in [0.1, 0.15) is 6.54 Å². The Balaban J connectivity index is 1.52. The molecule has 0 atom stereocenters. The lowest BCUT2D eigenvalue weighted by molar-refractivity contribution is -0.147. The van der Waals surface area contributed by atoms with Crippen LogP contribution in [0, 0.1) is 11.8 Å². The molecule has 2 fully saturated rings. The van der Waals surface area contributed by atoms with Crippen molar-refractivity contribution >= 4 is 35.1 Å². The Hall–Kier alpha value is -2.94. The zero-order valence-corrected chi connectivity index (χ0v) is 19.7. The van der Waals surface area contributed by atoms with Crippen LogP contribution in [0.1, 0.15) is 55.3 Å². The standard InChI is InChI=1S/C25H33N3O6/c1-34-25(33)18-9-11-26(12-10-18)15-22(29)28-16-23(30)27(14-17-5-3-2-4-6-17)20-8-7-19(24(31)32)13-21(20)28/h7-8,13,17-18H,2-6,9-12,14-16H2,1H3,(H,31,32). The molecule has 0 bridgehead atoms. The third kappa shape index (κ3) is 5.24. The molecule has 1 aromatic carbocycles. The number of carbonyl (C=O) groups excluding carboxylic acids is 3. The number of hydrogen-bond donors (Lipinski definition) is 1. The Morgan fingerprint density at radius 2 is 1.74 bits per heavy atom. The Labute approximate surface area is 199 Å². The molecule has 3 aliphatic rings. The summed E-state index contributed by atoms with van der Waals surface area (Å²) in [5.74, 6) is -1.41. The predicted molar refractivity (Wildman–Crippen MR) is 126 cm³/mol. The highest BCUT2D eigenvalue weighted by Crippen LogP contribution is 2.37. The predicted octanol–water partition coefficient (Wildman–Crippen LogP) is 2.53. The van der Waals surface area contributed by atoms with E-state index < -0.39 is 5.97 Å². The summed E-state index contributed by atoms with van der Waals surface area (Å²) in [5.41, 5.74) is 1.16. The quantitative estimate of drug-likeness (QED) is 0.635. The third-order valence-corrected chi connectivity index (χ3v) is 7.35. The summed E-state index contributed by atoms with van der Waals surface area (Å²) in [6, 6.07) is 4.65. The van der Waals surface area contributed by atoms with Crippen LogP contribution >= 0.6 is 0 Å². The van der Waals surface area contributed by atoms with E-state index in [9.17, 15) is 24.3 Å². The number of piperidine rings is 1. The molecule has 2 aliphatic heterocycles. The molecule has 9 heteroatoms. The maximum atomic E-state index is 13.3. The molecule has 0 spiro atoms. The molecule has 2 amide bonds. The van der Waals surface area contributed by atoms with Gasteiger partial charge in [-0.25, -0.2) is 4.79 Å². The zero-order valence-electron chi connectivity index (χ0n) is 19.7. The van der Waals surface area contributed by atoms with E-state index in [0.29, 0.717) is 49.8 Å². The molecule has 9 nitrogen and oxygen atoms in total. The second kappa shape index (κ2) is 10.5. The lowest BCUT2D eigenvalue weighted by Crippen LogP contribution is -2.52. The van der Waals surface area contributed by atoms with Crippen molar-refractivity contribution < 1.29 is 29.0 Å². The second-order valence-corrected chi connectivity index (χ2v) is 9.57. The SMILES string of the molecule is COC(=O)C1CCN(CC(=O)N2CC(=O)N(CC3CCCCC3)c3ccc(C(=O)O)cc32)CC1. The van der Waals surface area contributed by atoms with Crippen molar-refractivity contribution in [3.05, 3.63) is 23.8 Å². The summed E-state index contributed by atoms with van der Waals surface area (Å²) >= 11 is 0. The average molecular weight is 472 g/mol. The number of fused-ring (bicyclic) bond motifs is 1. The van der Waals surface area contributed by atoms with Crippen LogP contribution in [0.25, 0.3) is 0 Å². The molecule has 2 heterocycles. The molecule has 0 unspecified atom stereocenters. The number of carbonyl (C=O) groups is 4. The van der Waals surface area contributed by atoms with Crippen LogP contribution in [-0.2, 0) is 19.1 Å². The van der Waals surface area contributed by atoms with Crippen molar-refractivity contribution in [3.63, 3.8) is 0 Å². The van der Waals surface area contributed by atoms with Crippen LogP contribution < -0.4 is 9.80 Å². The summed E-state index contributed by atoms with van der Waals surface area (Å²) in [5, 5.41) is 9.51. The molecule has 0 aromatic heterocycles. The number of hydrogen-bond acceptors (Lipinski definition) is 6. The van der Waals surface area contributed by atoms with E-state index in [2.05, 4.69) is 0 Å². The van der Waals surface area contributed by atoms with Crippen molar-refractivity contribution in [2.45, 2.75) is 44.9 Å². The maximum Gasteiger partial charge on any atom is 0.335 e. The van der Waals surface area contributed by atoms with E-state index in [4.69, 9.17) is 4.74 Å². The number of benzene rings is 1. The van der Waals surface area contributed by atoms with Gasteiger partial charge in [-0.2, -0.15) is 0 Å². The van der Waals surface area contributed by atoms with Crippen LogP contribution in [0.3, 0.4) is 0 Å². The van der Waals surface area contributed by atoms with Crippen LogP contribution in [0.2, 0.25) is 0 Å². The first-order chi connectivity index (χ1) is 16.4. The van der Waals surface area contributed by atoms with Crippen molar-refractivity contribution in [2.75, 3.05) is 49.6 Å². The molecule has 4 rings (SSSR count). The molecule has 1 aliphatic carbocycles. The normalized spacial score (nSPS) is 20.2. The molecular weight excluding hydrogens is 438 g/mol. The van der Waals surface area contributed by atoms with Gasteiger partial charge < -0.3 is 14.7 Å². The first-order valence-corrected chi connectivity index (χ1v) is 12.2. The topological polar surface area (TPSA) is 107 Å². The van der Waals surface area contributed by atoms with Crippen LogP contribution in [-0.4, -0.2) is 73.6 Å². The number of ether oxygens (including phenoxy) is 1. The van der Waals surface area contributed by atoms with Crippen molar-refractivity contribution in [2.24, 2.45) is 11.8 Å². The first kappa shape index (κ1) is 24.2. The molecule has 0 radical (unpaired) electrons. The Bertz CT molecular complexity index is 950. The van der Waals surface area contributed by atoms with E-state index in [0.717, 1.165) is 25.7 Å². The highest BCUT2D eigenvalue weighted by atomic mass is 16.5. The fraction of sp³-hybridized carbons (Fsp3) is 0.600. The molecular formula is C25H33N3O6. The van der Waals surface area contributed by atoms with Crippen LogP contribution in [0.15, 0.2) is 18.2 Å². The van der Waals surface area contributed by atoms with Crippen molar-refractivity contribution in [3.8, 4) is 0 Å². The highest BCUT2D eigenvalue weighted by Gasteiger charge is 2.36. The maximum absolute atomic E-state index is 13.3. The number of nitrogens with zero attached hydrogens (tertiary/aromatic N) is 3. The monoisotopic (exact) mass is 471 g/mol. The molecule has 34 heavy (non-hydrogen) atoms. The summed E-state index contributed by atoms with van der Waals surface area (Å²) in [4.78, 5) is 55.0. The van der Waals surface area contributed by atoms with Crippen molar-refractivity contribution in [1.29, 1.82) is 0 Å².